The summed E-state index contributed by atoms with van der Waals surface area (Å²) in [4.78, 5) is 14.3. The van der Waals surface area contributed by atoms with E-state index in [4.69, 9.17) is 4.74 Å². The van der Waals surface area contributed by atoms with Crippen LogP contribution in [0, 0.1) is 17.0 Å². The Morgan fingerprint density at radius 1 is 1.33 bits per heavy atom. The van der Waals surface area contributed by atoms with Crippen LogP contribution in [0.15, 0.2) is 42.6 Å². The Morgan fingerprint density at radius 2 is 2.05 bits per heavy atom. The predicted molar refractivity (Wildman–Crippen MR) is 80.7 cm³/mol. The smallest absolute Gasteiger partial charge is 0.274 e. The van der Waals surface area contributed by atoms with Gasteiger partial charge in [-0.15, -0.1) is 0 Å². The van der Waals surface area contributed by atoms with E-state index in [0.29, 0.717) is 12.4 Å². The molecule has 1 atom stereocenters. The van der Waals surface area contributed by atoms with Gasteiger partial charge in [0.05, 0.1) is 17.0 Å². The molecule has 2 rings (SSSR count). The van der Waals surface area contributed by atoms with Gasteiger partial charge in [-0.1, -0.05) is 17.7 Å². The second-order valence-corrected chi connectivity index (χ2v) is 4.83. The fraction of sp³-hybridized carbons (Fsp3) is 0.267. The number of anilines is 1. The number of ether oxygens (including phenoxy) is 1. The second kappa shape index (κ2) is 6.69. The quantitative estimate of drug-likeness (QED) is 0.652. The maximum absolute atomic E-state index is 10.7. The van der Waals surface area contributed by atoms with E-state index in [2.05, 4.69) is 10.3 Å². The van der Waals surface area contributed by atoms with Crippen LogP contribution in [-0.2, 0) is 0 Å². The summed E-state index contributed by atoms with van der Waals surface area (Å²) in [7, 11) is 0. The molecule has 1 unspecified atom stereocenters. The van der Waals surface area contributed by atoms with E-state index in [1.165, 1.54) is 23.9 Å². The Morgan fingerprint density at radius 3 is 2.71 bits per heavy atom. The van der Waals surface area contributed by atoms with Gasteiger partial charge in [0.2, 0.25) is 0 Å². The van der Waals surface area contributed by atoms with Gasteiger partial charge in [0.15, 0.2) is 0 Å². The van der Waals surface area contributed by atoms with Crippen molar-refractivity contribution in [2.24, 2.45) is 0 Å². The zero-order chi connectivity index (χ0) is 15.2. The van der Waals surface area contributed by atoms with E-state index in [1.54, 1.807) is 0 Å². The summed E-state index contributed by atoms with van der Waals surface area (Å²) in [6.07, 6.45) is 1.41. The molecule has 0 aliphatic rings. The number of nitrogens with one attached hydrogen (secondary N) is 1. The minimum Gasteiger partial charge on any atom is -0.491 e. The van der Waals surface area contributed by atoms with Gasteiger partial charge in [0.25, 0.3) is 5.69 Å². The van der Waals surface area contributed by atoms with Crippen LogP contribution in [0.25, 0.3) is 0 Å². The van der Waals surface area contributed by atoms with Crippen molar-refractivity contribution in [3.63, 3.8) is 0 Å². The van der Waals surface area contributed by atoms with Crippen LogP contribution >= 0.6 is 0 Å². The summed E-state index contributed by atoms with van der Waals surface area (Å²) in [5.41, 5.74) is 1.19. The van der Waals surface area contributed by atoms with Crippen LogP contribution in [0.2, 0.25) is 0 Å². The van der Waals surface area contributed by atoms with Crippen LogP contribution < -0.4 is 10.1 Å². The first-order valence-corrected chi connectivity index (χ1v) is 6.61. The third kappa shape index (κ3) is 4.45. The highest BCUT2D eigenvalue weighted by atomic mass is 16.6. The second-order valence-electron chi connectivity index (χ2n) is 4.83. The highest BCUT2D eigenvalue weighted by Crippen LogP contribution is 2.16. The lowest BCUT2D eigenvalue weighted by Crippen LogP contribution is -2.24. The van der Waals surface area contributed by atoms with Crippen molar-refractivity contribution >= 4 is 11.5 Å². The lowest BCUT2D eigenvalue weighted by molar-refractivity contribution is -0.384. The Bertz CT molecular complexity index is 614. The monoisotopic (exact) mass is 287 g/mol. The van der Waals surface area contributed by atoms with Gasteiger partial charge < -0.3 is 10.1 Å². The number of hydrogen-bond acceptors (Lipinski definition) is 5. The van der Waals surface area contributed by atoms with Crippen LogP contribution in [0.1, 0.15) is 12.5 Å². The molecule has 1 aromatic heterocycles. The van der Waals surface area contributed by atoms with E-state index in [-0.39, 0.29) is 11.7 Å². The van der Waals surface area contributed by atoms with Gasteiger partial charge in [0, 0.05) is 12.3 Å². The summed E-state index contributed by atoms with van der Waals surface area (Å²) in [5.74, 6) is 1.26. The number of hydrogen-bond donors (Lipinski definition) is 1. The molecule has 0 saturated heterocycles. The third-order valence-corrected chi connectivity index (χ3v) is 2.87. The molecule has 0 radical (unpaired) electrons. The van der Waals surface area contributed by atoms with Crippen molar-refractivity contribution < 1.29 is 9.66 Å². The van der Waals surface area contributed by atoms with Crippen molar-refractivity contribution in [2.45, 2.75) is 19.9 Å². The van der Waals surface area contributed by atoms with Gasteiger partial charge in [-0.2, -0.15) is 0 Å². The summed E-state index contributed by atoms with van der Waals surface area (Å²) in [6, 6.07) is 10.5. The number of aromatic nitrogens is 1. The first-order chi connectivity index (χ1) is 10.0. The van der Waals surface area contributed by atoms with E-state index >= 15 is 0 Å². The highest BCUT2D eigenvalue weighted by Gasteiger charge is 2.09. The number of aryl methyl sites for hydroxylation is 1. The first kappa shape index (κ1) is 14.8. The number of nitrogens with zero attached hydrogens (tertiary/aromatic N) is 2. The summed E-state index contributed by atoms with van der Waals surface area (Å²) in [6.45, 7) is 4.38. The molecular weight excluding hydrogens is 270 g/mol. The average Bonchev–Trinajstić information content (AvgIpc) is 2.47. The molecule has 0 aliphatic heterocycles. The van der Waals surface area contributed by atoms with Gasteiger partial charge in [-0.25, -0.2) is 4.98 Å². The summed E-state index contributed by atoms with van der Waals surface area (Å²) in [5, 5.41) is 13.8. The maximum Gasteiger partial charge on any atom is 0.274 e. The molecule has 0 fully saturated rings. The van der Waals surface area contributed by atoms with E-state index in [9.17, 15) is 10.1 Å². The minimum absolute atomic E-state index is 0.0131. The molecule has 110 valence electrons. The largest absolute Gasteiger partial charge is 0.491 e. The zero-order valence-corrected chi connectivity index (χ0v) is 11.9. The fourth-order valence-electron chi connectivity index (χ4n) is 1.76. The maximum atomic E-state index is 10.7. The zero-order valence-electron chi connectivity index (χ0n) is 11.9. The number of nitro groups is 1. The van der Waals surface area contributed by atoms with Gasteiger partial charge in [-0.3, -0.25) is 10.1 Å². The molecule has 6 heteroatoms. The van der Waals surface area contributed by atoms with Crippen molar-refractivity contribution in [1.29, 1.82) is 0 Å². The van der Waals surface area contributed by atoms with Crippen molar-refractivity contribution in [2.75, 3.05) is 11.9 Å². The molecule has 1 heterocycles. The molecule has 1 N–H and O–H groups in total. The van der Waals surface area contributed by atoms with Crippen LogP contribution in [0.5, 0.6) is 5.75 Å². The Hall–Kier alpha value is -2.63. The van der Waals surface area contributed by atoms with Crippen molar-refractivity contribution in [3.8, 4) is 5.75 Å². The molecule has 1 aromatic carbocycles. The minimum atomic E-state index is -0.444. The standard InChI is InChI=1S/C15H17N3O3/c1-11-3-5-14(6-4-11)21-10-12(2)17-15-9-13(18(19)20)7-8-16-15/h3-9,12H,10H2,1-2H3,(H,16,17). The third-order valence-electron chi connectivity index (χ3n) is 2.87. The van der Waals surface area contributed by atoms with Gasteiger partial charge >= 0.3 is 0 Å². The number of rotatable bonds is 6. The Balaban J connectivity index is 1.89. The molecule has 0 saturated carbocycles. The lowest BCUT2D eigenvalue weighted by Gasteiger charge is -2.15. The summed E-state index contributed by atoms with van der Waals surface area (Å²) < 4.78 is 5.65. The molecule has 0 bridgehead atoms. The van der Waals surface area contributed by atoms with Crippen LogP contribution in [0.4, 0.5) is 11.5 Å². The van der Waals surface area contributed by atoms with Gasteiger partial charge in [0.1, 0.15) is 18.2 Å². The molecular formula is C15H17N3O3. The first-order valence-electron chi connectivity index (χ1n) is 6.61. The van der Waals surface area contributed by atoms with E-state index < -0.39 is 4.92 Å². The summed E-state index contributed by atoms with van der Waals surface area (Å²) >= 11 is 0. The van der Waals surface area contributed by atoms with Crippen molar-refractivity contribution in [3.05, 3.63) is 58.3 Å². The normalized spacial score (nSPS) is 11.7. The molecule has 0 aliphatic carbocycles. The number of pyridine rings is 1. The average molecular weight is 287 g/mol. The molecule has 21 heavy (non-hydrogen) atoms. The van der Waals surface area contributed by atoms with Gasteiger partial charge in [-0.05, 0) is 26.0 Å². The van der Waals surface area contributed by atoms with Crippen LogP contribution in [0.3, 0.4) is 0 Å². The van der Waals surface area contributed by atoms with Crippen LogP contribution in [-0.4, -0.2) is 22.6 Å². The SMILES string of the molecule is Cc1ccc(OCC(C)Nc2cc([N+](=O)[O-])ccn2)cc1. The van der Waals surface area contributed by atoms with Crippen molar-refractivity contribution in [1.82, 2.24) is 4.98 Å². The molecule has 0 amide bonds. The molecule has 2 aromatic rings. The topological polar surface area (TPSA) is 77.3 Å². The lowest BCUT2D eigenvalue weighted by atomic mass is 10.2. The van der Waals surface area contributed by atoms with E-state index in [1.807, 2.05) is 38.1 Å². The predicted octanol–water partition coefficient (Wildman–Crippen LogP) is 3.18. The highest BCUT2D eigenvalue weighted by molar-refractivity contribution is 5.44. The molecule has 0 spiro atoms. The Kier molecular flexibility index (Phi) is 4.71. The Labute approximate surface area is 122 Å². The number of benzene rings is 1. The molecule has 6 nitrogen and oxygen atoms in total. The van der Waals surface area contributed by atoms with E-state index in [0.717, 1.165) is 5.75 Å². The fourth-order valence-corrected chi connectivity index (χ4v) is 1.76.